The lowest BCUT2D eigenvalue weighted by atomic mass is 10.1. The van der Waals surface area contributed by atoms with Crippen LogP contribution in [0.5, 0.6) is 0 Å². The van der Waals surface area contributed by atoms with Crippen LogP contribution in [0, 0.1) is 0 Å². The van der Waals surface area contributed by atoms with Crippen LogP contribution in [0.15, 0.2) is 24.3 Å². The van der Waals surface area contributed by atoms with E-state index in [2.05, 4.69) is 5.32 Å². The predicted octanol–water partition coefficient (Wildman–Crippen LogP) is 1.70. The Morgan fingerprint density at radius 2 is 2.12 bits per heavy atom. The third-order valence-corrected chi connectivity index (χ3v) is 2.61. The topological polar surface area (TPSA) is 41.1 Å². The van der Waals surface area contributed by atoms with Crippen molar-refractivity contribution >= 4 is 11.6 Å². The Bertz CT molecular complexity index is 406. The summed E-state index contributed by atoms with van der Waals surface area (Å²) in [5.74, 6) is -1.89. The number of benzene rings is 1. The third kappa shape index (κ3) is 2.69. The zero-order chi connectivity index (χ0) is 12.5. The molecule has 1 aromatic rings. The summed E-state index contributed by atoms with van der Waals surface area (Å²) in [7, 11) is 0. The average Bonchev–Trinajstić information content (AvgIpc) is 2.66. The molecule has 1 atom stereocenters. The highest BCUT2D eigenvalue weighted by Gasteiger charge is 2.38. The summed E-state index contributed by atoms with van der Waals surface area (Å²) in [5, 5.41) is 4.93. The summed E-state index contributed by atoms with van der Waals surface area (Å²) < 4.78 is 35.9. The Hall–Kier alpha value is -1.72. The first kappa shape index (κ1) is 11.8. The lowest BCUT2D eigenvalue weighted by molar-refractivity contribution is -0.173. The minimum Gasteiger partial charge on any atom is -0.380 e. The van der Waals surface area contributed by atoms with E-state index >= 15 is 0 Å². The van der Waals surface area contributed by atoms with E-state index in [1.165, 1.54) is 0 Å². The van der Waals surface area contributed by atoms with Crippen molar-refractivity contribution in [3.8, 4) is 0 Å². The van der Waals surface area contributed by atoms with Gasteiger partial charge in [0.2, 0.25) is 0 Å². The van der Waals surface area contributed by atoms with E-state index in [0.717, 1.165) is 11.3 Å². The van der Waals surface area contributed by atoms with E-state index in [4.69, 9.17) is 0 Å². The average molecular weight is 244 g/mol. The van der Waals surface area contributed by atoms with Gasteiger partial charge in [0, 0.05) is 18.3 Å². The second kappa shape index (κ2) is 4.27. The molecule has 0 bridgehead atoms. The molecule has 17 heavy (non-hydrogen) atoms. The van der Waals surface area contributed by atoms with Crippen LogP contribution < -0.4 is 10.6 Å². The molecule has 1 aliphatic heterocycles. The number of para-hydroxylation sites is 1. The molecule has 0 aromatic heterocycles. The van der Waals surface area contributed by atoms with Gasteiger partial charge in [-0.2, -0.15) is 13.2 Å². The van der Waals surface area contributed by atoms with Gasteiger partial charge in [-0.15, -0.1) is 0 Å². The van der Waals surface area contributed by atoms with Crippen LogP contribution in [-0.2, 0) is 11.2 Å². The fourth-order valence-corrected chi connectivity index (χ4v) is 1.81. The summed E-state index contributed by atoms with van der Waals surface area (Å²) in [6, 6.07) is 7.31. The summed E-state index contributed by atoms with van der Waals surface area (Å²) in [4.78, 5) is 10.6. The largest absolute Gasteiger partial charge is 0.471 e. The molecule has 2 rings (SSSR count). The molecule has 2 N–H and O–H groups in total. The molecular weight excluding hydrogens is 233 g/mol. The van der Waals surface area contributed by atoms with Crippen molar-refractivity contribution in [1.29, 1.82) is 0 Å². The quantitative estimate of drug-likeness (QED) is 0.831. The first-order valence-corrected chi connectivity index (χ1v) is 5.16. The van der Waals surface area contributed by atoms with E-state index < -0.39 is 12.1 Å². The number of amides is 1. The maximum Gasteiger partial charge on any atom is 0.471 e. The van der Waals surface area contributed by atoms with Gasteiger partial charge in [0.15, 0.2) is 0 Å². The minimum atomic E-state index is -4.81. The molecule has 0 fully saturated rings. The number of anilines is 1. The van der Waals surface area contributed by atoms with E-state index in [9.17, 15) is 18.0 Å². The first-order valence-electron chi connectivity index (χ1n) is 5.16. The molecule has 6 heteroatoms. The number of nitrogens with one attached hydrogen (secondary N) is 2. The van der Waals surface area contributed by atoms with Gasteiger partial charge in [0.25, 0.3) is 0 Å². The molecular formula is C11H11F3N2O. The van der Waals surface area contributed by atoms with Crippen molar-refractivity contribution in [2.45, 2.75) is 18.6 Å². The zero-order valence-electron chi connectivity index (χ0n) is 8.84. The normalized spacial score (nSPS) is 18.4. The fraction of sp³-hybridized carbons (Fsp3) is 0.364. The Labute approximate surface area is 96.0 Å². The van der Waals surface area contributed by atoms with Crippen LogP contribution in [0.4, 0.5) is 18.9 Å². The number of fused-ring (bicyclic) bond motifs is 1. The predicted molar refractivity (Wildman–Crippen MR) is 56.6 cm³/mol. The molecule has 0 saturated carbocycles. The standard InChI is InChI=1S/C11H11F3N2O/c12-11(13,14)10(17)15-6-8-5-7-3-1-2-4-9(7)16-8/h1-4,8,16H,5-6H2,(H,15,17). The molecule has 3 nitrogen and oxygen atoms in total. The second-order valence-corrected chi connectivity index (χ2v) is 3.91. The number of carbonyl (C=O) groups is 1. The molecule has 1 aromatic carbocycles. The van der Waals surface area contributed by atoms with E-state index in [1.54, 1.807) is 0 Å². The molecule has 1 amide bonds. The number of alkyl halides is 3. The Balaban J connectivity index is 1.87. The van der Waals surface area contributed by atoms with Crippen molar-refractivity contribution < 1.29 is 18.0 Å². The SMILES string of the molecule is O=C(NCC1Cc2ccccc2N1)C(F)(F)F. The van der Waals surface area contributed by atoms with E-state index in [1.807, 2.05) is 29.6 Å². The highest BCUT2D eigenvalue weighted by molar-refractivity contribution is 5.81. The van der Waals surface area contributed by atoms with Crippen molar-refractivity contribution in [2.75, 3.05) is 11.9 Å². The summed E-state index contributed by atoms with van der Waals surface area (Å²) >= 11 is 0. The van der Waals surface area contributed by atoms with Gasteiger partial charge >= 0.3 is 12.1 Å². The van der Waals surface area contributed by atoms with Gasteiger partial charge in [0.1, 0.15) is 0 Å². The number of halogens is 3. The van der Waals surface area contributed by atoms with Gasteiger partial charge in [-0.1, -0.05) is 18.2 Å². The molecule has 1 aliphatic rings. The number of hydrogen-bond acceptors (Lipinski definition) is 2. The van der Waals surface area contributed by atoms with Crippen LogP contribution in [0.2, 0.25) is 0 Å². The van der Waals surface area contributed by atoms with Crippen LogP contribution in [-0.4, -0.2) is 24.7 Å². The van der Waals surface area contributed by atoms with E-state index in [-0.39, 0.29) is 12.6 Å². The van der Waals surface area contributed by atoms with Gasteiger partial charge < -0.3 is 10.6 Å². The smallest absolute Gasteiger partial charge is 0.380 e. The number of carbonyl (C=O) groups excluding carboxylic acids is 1. The van der Waals surface area contributed by atoms with Crippen molar-refractivity contribution in [2.24, 2.45) is 0 Å². The van der Waals surface area contributed by atoms with Crippen LogP contribution in [0.1, 0.15) is 5.56 Å². The highest BCUT2D eigenvalue weighted by Crippen LogP contribution is 2.24. The highest BCUT2D eigenvalue weighted by atomic mass is 19.4. The van der Waals surface area contributed by atoms with Crippen LogP contribution in [0.3, 0.4) is 0 Å². The number of hydrogen-bond donors (Lipinski definition) is 2. The summed E-state index contributed by atoms with van der Waals surface area (Å²) in [6.45, 7) is -0.0347. The Morgan fingerprint density at radius 1 is 1.41 bits per heavy atom. The Morgan fingerprint density at radius 3 is 2.76 bits per heavy atom. The molecule has 0 aliphatic carbocycles. The molecule has 92 valence electrons. The van der Waals surface area contributed by atoms with Gasteiger partial charge in [0.05, 0.1) is 0 Å². The Kier molecular flexibility index (Phi) is 2.95. The monoisotopic (exact) mass is 244 g/mol. The molecule has 0 radical (unpaired) electrons. The molecule has 0 spiro atoms. The van der Waals surface area contributed by atoms with Crippen molar-refractivity contribution in [3.05, 3.63) is 29.8 Å². The second-order valence-electron chi connectivity index (χ2n) is 3.91. The summed E-state index contributed by atoms with van der Waals surface area (Å²) in [6.07, 6.45) is -4.19. The minimum absolute atomic E-state index is 0.0347. The molecule has 1 heterocycles. The van der Waals surface area contributed by atoms with Crippen molar-refractivity contribution in [3.63, 3.8) is 0 Å². The van der Waals surface area contributed by atoms with Gasteiger partial charge in [-0.25, -0.2) is 0 Å². The third-order valence-electron chi connectivity index (χ3n) is 2.61. The van der Waals surface area contributed by atoms with Gasteiger partial charge in [-0.3, -0.25) is 4.79 Å². The lowest BCUT2D eigenvalue weighted by Gasteiger charge is -2.13. The zero-order valence-corrected chi connectivity index (χ0v) is 8.84. The lowest BCUT2D eigenvalue weighted by Crippen LogP contribution is -2.42. The first-order chi connectivity index (χ1) is 7.97. The van der Waals surface area contributed by atoms with Crippen LogP contribution >= 0.6 is 0 Å². The van der Waals surface area contributed by atoms with Crippen molar-refractivity contribution in [1.82, 2.24) is 5.32 Å². The van der Waals surface area contributed by atoms with Crippen LogP contribution in [0.25, 0.3) is 0 Å². The summed E-state index contributed by atoms with van der Waals surface area (Å²) in [5.41, 5.74) is 1.97. The van der Waals surface area contributed by atoms with Gasteiger partial charge in [-0.05, 0) is 18.1 Å². The molecule has 1 unspecified atom stereocenters. The number of rotatable bonds is 2. The fourth-order valence-electron chi connectivity index (χ4n) is 1.81. The molecule has 0 saturated heterocycles. The maximum atomic E-state index is 12.0. The van der Waals surface area contributed by atoms with E-state index in [0.29, 0.717) is 6.42 Å². The maximum absolute atomic E-state index is 12.0.